The second kappa shape index (κ2) is 7.19. The number of Topliss-reactive ketones (excluding diaryl/α,β-unsaturated/α-hetero) is 1. The third kappa shape index (κ3) is 4.71. The minimum atomic E-state index is -3.07. The Bertz CT molecular complexity index is 705. The van der Waals surface area contributed by atoms with E-state index in [0.29, 0.717) is 25.9 Å². The van der Waals surface area contributed by atoms with Crippen LogP contribution in [0.5, 0.6) is 0 Å². The van der Waals surface area contributed by atoms with E-state index >= 15 is 0 Å². The molecule has 0 aromatic carbocycles. The van der Waals surface area contributed by atoms with Crippen molar-refractivity contribution in [2.45, 2.75) is 76.3 Å². The minimum Gasteiger partial charge on any atom is -0.328 e. The summed E-state index contributed by atoms with van der Waals surface area (Å²) in [5, 5.41) is 11.7. The van der Waals surface area contributed by atoms with Crippen molar-refractivity contribution in [1.82, 2.24) is 15.1 Å². The monoisotopic (exact) mass is 408 g/mol. The highest BCUT2D eigenvalue weighted by Gasteiger charge is 2.50. The molecule has 4 rings (SSSR count). The highest BCUT2D eigenvalue weighted by molar-refractivity contribution is 5.89. The molecule has 0 aromatic rings. The molecule has 8 heteroatoms. The van der Waals surface area contributed by atoms with Crippen LogP contribution in [0.15, 0.2) is 0 Å². The second-order valence-corrected chi connectivity index (χ2v) is 9.93. The SMILES string of the molecule is CC(F)(F)C[C@H](NC(=O)N1CC2(CCN(C3CC3)CC2)C1)C(=O)CC1(C#N)CC1. The van der Waals surface area contributed by atoms with Crippen LogP contribution in [0.25, 0.3) is 0 Å². The Hall–Kier alpha value is -1.75. The molecule has 6 nitrogen and oxygen atoms in total. The molecule has 4 fully saturated rings. The maximum Gasteiger partial charge on any atom is 0.318 e. The maximum absolute atomic E-state index is 13.6. The van der Waals surface area contributed by atoms with Gasteiger partial charge in [-0.2, -0.15) is 5.26 Å². The summed E-state index contributed by atoms with van der Waals surface area (Å²) in [7, 11) is 0. The van der Waals surface area contributed by atoms with Crippen molar-refractivity contribution in [3.63, 3.8) is 0 Å². The van der Waals surface area contributed by atoms with Gasteiger partial charge in [0.1, 0.15) is 0 Å². The highest BCUT2D eigenvalue weighted by Crippen LogP contribution is 2.48. The molecule has 2 aliphatic carbocycles. The van der Waals surface area contributed by atoms with Crippen LogP contribution in [0.3, 0.4) is 0 Å². The van der Waals surface area contributed by atoms with Crippen LogP contribution >= 0.6 is 0 Å². The van der Waals surface area contributed by atoms with Crippen molar-refractivity contribution < 1.29 is 18.4 Å². The molecule has 4 aliphatic rings. The Balaban J connectivity index is 1.30. The average molecular weight is 408 g/mol. The summed E-state index contributed by atoms with van der Waals surface area (Å²) in [5.41, 5.74) is -0.560. The van der Waals surface area contributed by atoms with Crippen molar-refractivity contribution in [3.05, 3.63) is 0 Å². The first kappa shape index (κ1) is 20.5. The second-order valence-electron chi connectivity index (χ2n) is 9.93. The number of halogens is 2. The van der Waals surface area contributed by atoms with Gasteiger partial charge in [0.25, 0.3) is 0 Å². The number of nitrogens with zero attached hydrogens (tertiary/aromatic N) is 3. The quantitative estimate of drug-likeness (QED) is 0.703. The van der Waals surface area contributed by atoms with Crippen LogP contribution in [-0.2, 0) is 4.79 Å². The van der Waals surface area contributed by atoms with Gasteiger partial charge in [0, 0.05) is 37.4 Å². The molecule has 29 heavy (non-hydrogen) atoms. The van der Waals surface area contributed by atoms with E-state index in [1.54, 1.807) is 4.90 Å². The lowest BCUT2D eigenvalue weighted by Crippen LogP contribution is -2.65. The molecular weight excluding hydrogens is 378 g/mol. The number of nitrogens with one attached hydrogen (secondary N) is 1. The minimum absolute atomic E-state index is 0.0640. The molecule has 1 atom stereocenters. The Kier molecular flexibility index (Phi) is 5.09. The van der Waals surface area contributed by atoms with Gasteiger partial charge in [0.15, 0.2) is 5.78 Å². The number of piperidine rings is 1. The topological polar surface area (TPSA) is 76.4 Å². The van der Waals surface area contributed by atoms with Crippen molar-refractivity contribution in [3.8, 4) is 6.07 Å². The number of alkyl halides is 2. The molecule has 0 bridgehead atoms. The summed E-state index contributed by atoms with van der Waals surface area (Å²) in [6.07, 6.45) is 5.16. The summed E-state index contributed by atoms with van der Waals surface area (Å²) in [5.74, 6) is -3.53. The number of rotatable bonds is 7. The number of likely N-dealkylation sites (tertiary alicyclic amines) is 2. The first-order valence-corrected chi connectivity index (χ1v) is 10.7. The molecule has 2 amide bonds. The Morgan fingerprint density at radius 1 is 1.21 bits per heavy atom. The van der Waals surface area contributed by atoms with E-state index in [1.165, 1.54) is 12.8 Å². The molecule has 1 spiro atoms. The van der Waals surface area contributed by atoms with Gasteiger partial charge in [-0.1, -0.05) is 0 Å². The van der Waals surface area contributed by atoms with Gasteiger partial charge < -0.3 is 15.1 Å². The Labute approximate surface area is 170 Å². The van der Waals surface area contributed by atoms with E-state index in [-0.39, 0.29) is 11.8 Å². The molecule has 1 N–H and O–H groups in total. The molecule has 2 saturated carbocycles. The zero-order chi connectivity index (χ0) is 20.9. The lowest BCUT2D eigenvalue weighted by molar-refractivity contribution is -0.124. The molecule has 2 saturated heterocycles. The van der Waals surface area contributed by atoms with Gasteiger partial charge in [0.2, 0.25) is 5.92 Å². The van der Waals surface area contributed by atoms with Gasteiger partial charge >= 0.3 is 6.03 Å². The number of ketones is 1. The van der Waals surface area contributed by atoms with Gasteiger partial charge in [-0.3, -0.25) is 4.79 Å². The Morgan fingerprint density at radius 2 is 1.83 bits per heavy atom. The number of carbonyl (C=O) groups excluding carboxylic acids is 2. The van der Waals surface area contributed by atoms with Crippen molar-refractivity contribution in [1.29, 1.82) is 5.26 Å². The molecule has 0 radical (unpaired) electrons. The van der Waals surface area contributed by atoms with E-state index < -0.39 is 35.6 Å². The van der Waals surface area contributed by atoms with E-state index in [1.807, 2.05) is 0 Å². The molecule has 2 heterocycles. The summed E-state index contributed by atoms with van der Waals surface area (Å²) >= 11 is 0. The lowest BCUT2D eigenvalue weighted by atomic mass is 9.72. The van der Waals surface area contributed by atoms with Crippen molar-refractivity contribution in [2.24, 2.45) is 10.8 Å². The number of carbonyl (C=O) groups is 2. The van der Waals surface area contributed by atoms with Gasteiger partial charge in [0.05, 0.1) is 17.5 Å². The van der Waals surface area contributed by atoms with Crippen molar-refractivity contribution >= 4 is 11.8 Å². The van der Waals surface area contributed by atoms with E-state index in [2.05, 4.69) is 16.3 Å². The van der Waals surface area contributed by atoms with E-state index in [0.717, 1.165) is 38.9 Å². The van der Waals surface area contributed by atoms with Gasteiger partial charge in [-0.25, -0.2) is 13.6 Å². The zero-order valence-corrected chi connectivity index (χ0v) is 17.1. The number of hydrogen-bond acceptors (Lipinski definition) is 4. The van der Waals surface area contributed by atoms with Crippen LogP contribution in [0.1, 0.15) is 58.3 Å². The van der Waals surface area contributed by atoms with E-state index in [9.17, 15) is 23.6 Å². The van der Waals surface area contributed by atoms with E-state index in [4.69, 9.17) is 0 Å². The lowest BCUT2D eigenvalue weighted by Gasteiger charge is -2.54. The van der Waals surface area contributed by atoms with Crippen LogP contribution in [0.4, 0.5) is 13.6 Å². The Morgan fingerprint density at radius 3 is 2.31 bits per heavy atom. The molecular formula is C21H30F2N4O2. The molecule has 2 aliphatic heterocycles. The van der Waals surface area contributed by atoms with Crippen LogP contribution in [0.2, 0.25) is 0 Å². The number of amides is 2. The summed E-state index contributed by atoms with van der Waals surface area (Å²) in [6, 6.07) is 1.19. The van der Waals surface area contributed by atoms with Crippen LogP contribution < -0.4 is 5.32 Å². The third-order valence-corrected chi connectivity index (χ3v) is 7.11. The fourth-order valence-corrected chi connectivity index (χ4v) is 4.81. The fourth-order valence-electron chi connectivity index (χ4n) is 4.81. The number of urea groups is 1. The number of nitriles is 1. The first-order chi connectivity index (χ1) is 13.6. The average Bonchev–Trinajstić information content (AvgIpc) is 3.53. The third-order valence-electron chi connectivity index (χ3n) is 7.11. The molecule has 160 valence electrons. The van der Waals surface area contributed by atoms with Gasteiger partial charge in [-0.15, -0.1) is 0 Å². The zero-order valence-electron chi connectivity index (χ0n) is 17.1. The van der Waals surface area contributed by atoms with Crippen LogP contribution in [0, 0.1) is 22.2 Å². The molecule has 0 aromatic heterocycles. The predicted octanol–water partition coefficient (Wildman–Crippen LogP) is 2.93. The number of hydrogen-bond donors (Lipinski definition) is 1. The standard InChI is InChI=1S/C21H30F2N4O2/c1-19(22,23)10-16(17(28)11-20(12-24)4-5-20)25-18(29)27-13-21(14-27)6-8-26(9-7-21)15-2-3-15/h15-16H,2-11,13-14H2,1H3,(H,25,29)/t16-/m0/s1. The largest absolute Gasteiger partial charge is 0.328 e. The fraction of sp³-hybridized carbons (Fsp3) is 0.857. The summed E-state index contributed by atoms with van der Waals surface area (Å²) in [6.45, 7) is 4.15. The predicted molar refractivity (Wildman–Crippen MR) is 102 cm³/mol. The molecule has 0 unspecified atom stereocenters. The smallest absolute Gasteiger partial charge is 0.318 e. The maximum atomic E-state index is 13.6. The summed E-state index contributed by atoms with van der Waals surface area (Å²) < 4.78 is 27.2. The van der Waals surface area contributed by atoms with Crippen molar-refractivity contribution in [2.75, 3.05) is 26.2 Å². The van der Waals surface area contributed by atoms with Gasteiger partial charge in [-0.05, 0) is 58.5 Å². The summed E-state index contributed by atoms with van der Waals surface area (Å²) in [4.78, 5) is 29.4. The first-order valence-electron chi connectivity index (χ1n) is 10.7. The highest BCUT2D eigenvalue weighted by atomic mass is 19.3. The van der Waals surface area contributed by atoms with Crippen LogP contribution in [-0.4, -0.2) is 65.8 Å². The normalized spacial score (nSPS) is 26.3.